The second kappa shape index (κ2) is 7.06. The van der Waals surface area contributed by atoms with Crippen molar-refractivity contribution in [3.05, 3.63) is 58.6 Å². The third kappa shape index (κ3) is 3.37. The maximum atomic E-state index is 13.1. The summed E-state index contributed by atoms with van der Waals surface area (Å²) in [6.07, 6.45) is 0.142. The summed E-state index contributed by atoms with van der Waals surface area (Å²) < 4.78 is 5.34. The molecule has 4 nitrogen and oxygen atoms in total. The lowest BCUT2D eigenvalue weighted by Gasteiger charge is -2.26. The number of carbonyl (C=O) groups is 1. The van der Waals surface area contributed by atoms with Crippen LogP contribution in [0.15, 0.2) is 42.5 Å². The van der Waals surface area contributed by atoms with E-state index in [1.54, 1.807) is 38.3 Å². The number of anilines is 1. The van der Waals surface area contributed by atoms with Gasteiger partial charge in [-0.15, -0.1) is 0 Å². The number of carbonyl (C=O) groups excluding carboxylic acids is 1. The first-order chi connectivity index (χ1) is 11.9. The van der Waals surface area contributed by atoms with Crippen LogP contribution < -0.4 is 9.64 Å². The van der Waals surface area contributed by atoms with Crippen LogP contribution in [-0.2, 0) is 0 Å². The van der Waals surface area contributed by atoms with Crippen molar-refractivity contribution in [3.63, 3.8) is 0 Å². The van der Waals surface area contributed by atoms with Crippen molar-refractivity contribution in [2.24, 2.45) is 0 Å². The van der Waals surface area contributed by atoms with Gasteiger partial charge in [0.25, 0.3) is 5.91 Å². The van der Waals surface area contributed by atoms with Crippen molar-refractivity contribution < 1.29 is 14.6 Å². The molecule has 0 radical (unpaired) electrons. The van der Waals surface area contributed by atoms with E-state index in [0.29, 0.717) is 17.0 Å². The summed E-state index contributed by atoms with van der Waals surface area (Å²) in [5, 5.41) is 10.5. The van der Waals surface area contributed by atoms with Crippen molar-refractivity contribution in [1.82, 2.24) is 0 Å². The molecule has 1 heterocycles. The number of amides is 1. The molecule has 0 fully saturated rings. The highest BCUT2D eigenvalue weighted by Crippen LogP contribution is 2.45. The quantitative estimate of drug-likeness (QED) is 0.887. The van der Waals surface area contributed by atoms with E-state index in [1.165, 1.54) is 0 Å². The Morgan fingerprint density at radius 3 is 2.56 bits per heavy atom. The molecule has 2 aromatic rings. The van der Waals surface area contributed by atoms with Crippen molar-refractivity contribution in [3.8, 4) is 5.75 Å². The molecule has 3 unspecified atom stereocenters. The van der Waals surface area contributed by atoms with Gasteiger partial charge in [-0.25, -0.2) is 0 Å². The lowest BCUT2D eigenvalue weighted by Crippen LogP contribution is -2.37. The second-order valence-corrected chi connectivity index (χ2v) is 6.98. The third-order valence-corrected chi connectivity index (χ3v) is 5.04. The monoisotopic (exact) mass is 359 g/mol. The average molecular weight is 360 g/mol. The smallest absolute Gasteiger partial charge is 0.258 e. The van der Waals surface area contributed by atoms with E-state index >= 15 is 0 Å². The molecule has 0 aromatic heterocycles. The number of nitrogens with zero attached hydrogens (tertiary/aromatic N) is 1. The SMILES string of the molecule is COc1ccc2c(c1)C(CC(C)O)C(C)N2C(=O)c1ccc(Cl)cc1. The summed E-state index contributed by atoms with van der Waals surface area (Å²) in [5.41, 5.74) is 2.50. The van der Waals surface area contributed by atoms with Gasteiger partial charge in [0.2, 0.25) is 0 Å². The van der Waals surface area contributed by atoms with Gasteiger partial charge in [0.05, 0.1) is 13.2 Å². The van der Waals surface area contributed by atoms with Gasteiger partial charge >= 0.3 is 0 Å². The van der Waals surface area contributed by atoms with E-state index < -0.39 is 6.10 Å². The van der Waals surface area contributed by atoms with Gasteiger partial charge < -0.3 is 14.7 Å². The summed E-state index contributed by atoms with van der Waals surface area (Å²) >= 11 is 5.93. The highest BCUT2D eigenvalue weighted by atomic mass is 35.5. The summed E-state index contributed by atoms with van der Waals surface area (Å²) in [4.78, 5) is 14.9. The molecule has 1 amide bonds. The zero-order valence-electron chi connectivity index (χ0n) is 14.6. The first kappa shape index (κ1) is 17.8. The Morgan fingerprint density at radius 1 is 1.28 bits per heavy atom. The fourth-order valence-electron chi connectivity index (χ4n) is 3.55. The van der Waals surface area contributed by atoms with Crippen LogP contribution in [0, 0.1) is 0 Å². The van der Waals surface area contributed by atoms with Gasteiger partial charge in [0.1, 0.15) is 5.75 Å². The zero-order chi connectivity index (χ0) is 18.1. The molecule has 1 N–H and O–H groups in total. The minimum atomic E-state index is -0.447. The molecule has 1 aliphatic rings. The van der Waals surface area contributed by atoms with Crippen LogP contribution in [0.4, 0.5) is 5.69 Å². The Hall–Kier alpha value is -2.04. The number of aliphatic hydroxyl groups is 1. The van der Waals surface area contributed by atoms with Gasteiger partial charge in [-0.05, 0) is 68.3 Å². The molecular weight excluding hydrogens is 338 g/mol. The Labute approximate surface area is 153 Å². The maximum absolute atomic E-state index is 13.1. The molecule has 3 rings (SSSR count). The Bertz CT molecular complexity index is 773. The first-order valence-electron chi connectivity index (χ1n) is 8.37. The molecule has 0 saturated carbocycles. The van der Waals surface area contributed by atoms with Crippen LogP contribution >= 0.6 is 11.6 Å². The van der Waals surface area contributed by atoms with E-state index in [2.05, 4.69) is 0 Å². The average Bonchev–Trinajstić information content (AvgIpc) is 2.86. The summed E-state index contributed by atoms with van der Waals surface area (Å²) in [5.74, 6) is 0.743. The standard InChI is InChI=1S/C20H22ClNO3/c1-12(23)10-17-13(2)22(19-9-8-16(25-3)11-18(17)19)20(24)14-4-6-15(21)7-5-14/h4-9,11-13,17,23H,10H2,1-3H3. The predicted molar refractivity (Wildman–Crippen MR) is 99.8 cm³/mol. The minimum absolute atomic E-state index is 0.0557. The first-order valence-corrected chi connectivity index (χ1v) is 8.75. The van der Waals surface area contributed by atoms with Crippen molar-refractivity contribution in [2.45, 2.75) is 38.3 Å². The molecule has 0 aliphatic carbocycles. The summed E-state index contributed by atoms with van der Waals surface area (Å²) in [6.45, 7) is 3.80. The van der Waals surface area contributed by atoms with Gasteiger partial charge in [0, 0.05) is 28.2 Å². The molecule has 0 bridgehead atoms. The highest BCUT2D eigenvalue weighted by molar-refractivity contribution is 6.30. The van der Waals surface area contributed by atoms with Crippen LogP contribution in [-0.4, -0.2) is 30.3 Å². The Kier molecular flexibility index (Phi) is 5.02. The second-order valence-electron chi connectivity index (χ2n) is 6.54. The number of hydrogen-bond acceptors (Lipinski definition) is 3. The number of aliphatic hydroxyl groups excluding tert-OH is 1. The largest absolute Gasteiger partial charge is 0.497 e. The topological polar surface area (TPSA) is 49.8 Å². The Morgan fingerprint density at radius 2 is 1.96 bits per heavy atom. The molecule has 2 aromatic carbocycles. The number of ether oxygens (including phenoxy) is 1. The number of rotatable bonds is 4. The van der Waals surface area contributed by atoms with E-state index in [9.17, 15) is 9.90 Å². The molecule has 0 saturated heterocycles. The van der Waals surface area contributed by atoms with Crippen LogP contribution in [0.25, 0.3) is 0 Å². The molecule has 3 atom stereocenters. The number of benzene rings is 2. The van der Waals surface area contributed by atoms with Crippen molar-refractivity contribution >= 4 is 23.2 Å². The third-order valence-electron chi connectivity index (χ3n) is 4.79. The lowest BCUT2D eigenvalue weighted by molar-refractivity contribution is 0.0974. The van der Waals surface area contributed by atoms with Crippen molar-refractivity contribution in [2.75, 3.05) is 12.0 Å². The fraction of sp³-hybridized carbons (Fsp3) is 0.350. The lowest BCUT2D eigenvalue weighted by atomic mass is 9.90. The van der Waals surface area contributed by atoms with E-state index in [0.717, 1.165) is 17.0 Å². The Balaban J connectivity index is 2.03. The van der Waals surface area contributed by atoms with E-state index in [1.807, 2.05) is 30.0 Å². The van der Waals surface area contributed by atoms with Gasteiger partial charge in [0.15, 0.2) is 0 Å². The van der Waals surface area contributed by atoms with Crippen LogP contribution in [0.1, 0.15) is 42.1 Å². The van der Waals surface area contributed by atoms with Crippen LogP contribution in [0.5, 0.6) is 5.75 Å². The predicted octanol–water partition coefficient (Wildman–Crippen LogP) is 4.25. The number of methoxy groups -OCH3 is 1. The minimum Gasteiger partial charge on any atom is -0.497 e. The number of hydrogen-bond donors (Lipinski definition) is 1. The summed E-state index contributed by atoms with van der Waals surface area (Å²) in [7, 11) is 1.63. The molecule has 0 spiro atoms. The highest BCUT2D eigenvalue weighted by Gasteiger charge is 2.39. The normalized spacial score (nSPS) is 20.3. The number of halogens is 1. The van der Waals surface area contributed by atoms with Crippen LogP contribution in [0.2, 0.25) is 5.02 Å². The fourth-order valence-corrected chi connectivity index (χ4v) is 3.68. The van der Waals surface area contributed by atoms with Crippen LogP contribution in [0.3, 0.4) is 0 Å². The van der Waals surface area contributed by atoms with Crippen molar-refractivity contribution in [1.29, 1.82) is 0 Å². The molecule has 132 valence electrons. The molecule has 5 heteroatoms. The molecule has 25 heavy (non-hydrogen) atoms. The van der Waals surface area contributed by atoms with E-state index in [4.69, 9.17) is 16.3 Å². The van der Waals surface area contributed by atoms with Gasteiger partial charge in [-0.3, -0.25) is 4.79 Å². The number of fused-ring (bicyclic) bond motifs is 1. The molecule has 1 aliphatic heterocycles. The molecular formula is C20H22ClNO3. The maximum Gasteiger partial charge on any atom is 0.258 e. The van der Waals surface area contributed by atoms with Gasteiger partial charge in [-0.1, -0.05) is 11.6 Å². The van der Waals surface area contributed by atoms with E-state index in [-0.39, 0.29) is 17.9 Å². The zero-order valence-corrected chi connectivity index (χ0v) is 15.3. The van der Waals surface area contributed by atoms with Gasteiger partial charge in [-0.2, -0.15) is 0 Å². The summed E-state index contributed by atoms with van der Waals surface area (Å²) in [6, 6.07) is 12.6.